The summed E-state index contributed by atoms with van der Waals surface area (Å²) >= 11 is 4.25. The third-order valence-electron chi connectivity index (χ3n) is 2.76. The maximum atomic E-state index is 5.55. The summed E-state index contributed by atoms with van der Waals surface area (Å²) in [7, 11) is 2.05. The lowest BCUT2D eigenvalue weighted by molar-refractivity contribution is 0.124. The normalized spacial score (nSPS) is 29.0. The lowest BCUT2D eigenvalue weighted by Crippen LogP contribution is -2.46. The molecule has 4 heteroatoms. The summed E-state index contributed by atoms with van der Waals surface area (Å²) in [5, 5.41) is 4.92. The van der Waals surface area contributed by atoms with E-state index in [-0.39, 0.29) is 0 Å². The fourth-order valence-electron chi connectivity index (χ4n) is 1.90. The van der Waals surface area contributed by atoms with Gasteiger partial charge in [-0.1, -0.05) is 6.92 Å². The van der Waals surface area contributed by atoms with Gasteiger partial charge >= 0.3 is 0 Å². The van der Waals surface area contributed by atoms with Crippen molar-refractivity contribution in [2.24, 2.45) is 0 Å². The number of hydrogen-bond acceptors (Lipinski definition) is 4. The fourth-order valence-corrected chi connectivity index (χ4v) is 5.18. The number of ether oxygens (including phenoxy) is 1. The average Bonchev–Trinajstić information content (AvgIpc) is 2.30. The van der Waals surface area contributed by atoms with E-state index in [9.17, 15) is 0 Å². The first-order valence-electron chi connectivity index (χ1n) is 5.81. The Balaban J connectivity index is 2.47. The van der Waals surface area contributed by atoms with Crippen molar-refractivity contribution in [1.29, 1.82) is 0 Å². The Kier molecular flexibility index (Phi) is 7.14. The van der Waals surface area contributed by atoms with Gasteiger partial charge in [-0.15, -0.1) is 0 Å². The quantitative estimate of drug-likeness (QED) is 0.779. The van der Waals surface area contributed by atoms with Crippen molar-refractivity contribution in [3.05, 3.63) is 0 Å². The van der Waals surface area contributed by atoms with E-state index in [2.05, 4.69) is 49.7 Å². The molecule has 0 aliphatic carbocycles. The Morgan fingerprint density at radius 3 is 2.67 bits per heavy atom. The molecule has 3 atom stereocenters. The van der Waals surface area contributed by atoms with Crippen molar-refractivity contribution in [3.8, 4) is 0 Å². The van der Waals surface area contributed by atoms with Crippen LogP contribution in [-0.4, -0.2) is 48.3 Å². The van der Waals surface area contributed by atoms with Crippen LogP contribution < -0.4 is 5.32 Å². The fraction of sp³-hybridized carbons (Fsp3) is 1.00. The molecule has 0 radical (unpaired) electrons. The summed E-state index contributed by atoms with van der Waals surface area (Å²) in [6.07, 6.45) is 1.27. The topological polar surface area (TPSA) is 21.3 Å². The van der Waals surface area contributed by atoms with Crippen LogP contribution in [0.25, 0.3) is 0 Å². The molecule has 15 heavy (non-hydrogen) atoms. The van der Waals surface area contributed by atoms with Crippen LogP contribution in [0.3, 0.4) is 0 Å². The molecule has 1 saturated heterocycles. The highest BCUT2D eigenvalue weighted by atomic mass is 32.2. The number of likely N-dealkylation sites (N-methyl/N-ethyl adjacent to an activating group) is 1. The smallest absolute Gasteiger partial charge is 0.0630 e. The second kappa shape index (κ2) is 7.82. The molecule has 2 nitrogen and oxygen atoms in total. The van der Waals surface area contributed by atoms with Gasteiger partial charge in [0.1, 0.15) is 0 Å². The van der Waals surface area contributed by atoms with Gasteiger partial charge < -0.3 is 10.1 Å². The predicted octanol–water partition coefficient (Wildman–Crippen LogP) is 2.24. The summed E-state index contributed by atoms with van der Waals surface area (Å²) in [5.74, 6) is 2.60. The Labute approximate surface area is 102 Å². The summed E-state index contributed by atoms with van der Waals surface area (Å²) in [5.41, 5.74) is 0. The first-order chi connectivity index (χ1) is 7.33. The molecule has 0 aromatic carbocycles. The average molecular weight is 249 g/mol. The molecule has 1 aliphatic rings. The van der Waals surface area contributed by atoms with Gasteiger partial charge in [0.25, 0.3) is 0 Å². The van der Waals surface area contributed by atoms with Crippen LogP contribution in [-0.2, 0) is 4.74 Å². The molecule has 1 rings (SSSR count). The molecule has 0 aromatic rings. The number of hydrogen-bond donors (Lipinski definition) is 1. The van der Waals surface area contributed by atoms with Gasteiger partial charge in [-0.25, -0.2) is 0 Å². The lowest BCUT2D eigenvalue weighted by Gasteiger charge is -2.35. The second-order valence-electron chi connectivity index (χ2n) is 3.71. The van der Waals surface area contributed by atoms with Gasteiger partial charge in [0.05, 0.1) is 6.61 Å². The highest BCUT2D eigenvalue weighted by Gasteiger charge is 2.31. The molecule has 1 heterocycles. The minimum Gasteiger partial charge on any atom is -0.380 e. The molecular weight excluding hydrogens is 226 g/mol. The number of rotatable bonds is 6. The van der Waals surface area contributed by atoms with E-state index in [1.54, 1.807) is 0 Å². The maximum absolute atomic E-state index is 5.55. The molecule has 0 saturated carbocycles. The largest absolute Gasteiger partial charge is 0.380 e. The summed E-state index contributed by atoms with van der Waals surface area (Å²) in [6, 6.07) is 0.507. The van der Waals surface area contributed by atoms with Crippen molar-refractivity contribution >= 4 is 23.5 Å². The van der Waals surface area contributed by atoms with Gasteiger partial charge in [-0.2, -0.15) is 23.5 Å². The van der Waals surface area contributed by atoms with Crippen LogP contribution >= 0.6 is 23.5 Å². The summed E-state index contributed by atoms with van der Waals surface area (Å²) in [4.78, 5) is 0. The van der Waals surface area contributed by atoms with E-state index in [0.717, 1.165) is 18.5 Å². The standard InChI is InChI=1S/C11H23NOS2/c1-4-10-11(15-7-6-14-10)9(12-3)8-13-5-2/h9-12H,4-8H2,1-3H3. The molecule has 0 bridgehead atoms. The highest BCUT2D eigenvalue weighted by Crippen LogP contribution is 2.35. The zero-order valence-corrected chi connectivity index (χ0v) is 11.6. The monoisotopic (exact) mass is 249 g/mol. The first-order valence-corrected chi connectivity index (χ1v) is 7.91. The van der Waals surface area contributed by atoms with E-state index in [1.807, 2.05) is 0 Å². The number of thioether (sulfide) groups is 2. The Hall–Kier alpha value is 0.620. The highest BCUT2D eigenvalue weighted by molar-refractivity contribution is 8.07. The van der Waals surface area contributed by atoms with Gasteiger partial charge in [0.15, 0.2) is 0 Å². The van der Waals surface area contributed by atoms with Crippen LogP contribution in [0.1, 0.15) is 20.3 Å². The van der Waals surface area contributed by atoms with Crippen molar-refractivity contribution in [2.45, 2.75) is 36.8 Å². The summed E-state index contributed by atoms with van der Waals surface area (Å²) < 4.78 is 5.55. The Morgan fingerprint density at radius 2 is 2.07 bits per heavy atom. The zero-order valence-electron chi connectivity index (χ0n) is 9.99. The third kappa shape index (κ3) is 4.17. The van der Waals surface area contributed by atoms with Crippen molar-refractivity contribution in [2.75, 3.05) is 31.8 Å². The van der Waals surface area contributed by atoms with Gasteiger partial charge in [0.2, 0.25) is 0 Å². The minimum atomic E-state index is 0.507. The van der Waals surface area contributed by atoms with Crippen molar-refractivity contribution in [1.82, 2.24) is 5.32 Å². The van der Waals surface area contributed by atoms with Crippen LogP contribution in [0, 0.1) is 0 Å². The predicted molar refractivity (Wildman–Crippen MR) is 72.1 cm³/mol. The van der Waals surface area contributed by atoms with Crippen molar-refractivity contribution in [3.63, 3.8) is 0 Å². The van der Waals surface area contributed by atoms with E-state index in [0.29, 0.717) is 11.3 Å². The molecule has 90 valence electrons. The van der Waals surface area contributed by atoms with Crippen LogP contribution in [0.2, 0.25) is 0 Å². The maximum Gasteiger partial charge on any atom is 0.0630 e. The molecular formula is C11H23NOS2. The van der Waals surface area contributed by atoms with Crippen LogP contribution in [0.5, 0.6) is 0 Å². The molecule has 3 unspecified atom stereocenters. The van der Waals surface area contributed by atoms with E-state index >= 15 is 0 Å². The van der Waals surface area contributed by atoms with E-state index < -0.39 is 0 Å². The van der Waals surface area contributed by atoms with Gasteiger partial charge in [-0.05, 0) is 20.4 Å². The van der Waals surface area contributed by atoms with Crippen molar-refractivity contribution < 1.29 is 4.74 Å². The zero-order chi connectivity index (χ0) is 11.1. The number of nitrogens with one attached hydrogen (secondary N) is 1. The molecule has 0 amide bonds. The van der Waals surface area contributed by atoms with E-state index in [1.165, 1.54) is 17.9 Å². The summed E-state index contributed by atoms with van der Waals surface area (Å²) in [6.45, 7) is 6.03. The van der Waals surface area contributed by atoms with Gasteiger partial charge in [0, 0.05) is 34.7 Å². The SMILES string of the molecule is CCOCC(NC)C1SCCSC1CC. The van der Waals surface area contributed by atoms with Gasteiger partial charge in [-0.3, -0.25) is 0 Å². The molecule has 1 N–H and O–H groups in total. The lowest BCUT2D eigenvalue weighted by atomic mass is 10.1. The minimum absolute atomic E-state index is 0.507. The van der Waals surface area contributed by atoms with Crippen LogP contribution in [0.4, 0.5) is 0 Å². The first kappa shape index (κ1) is 13.7. The van der Waals surface area contributed by atoms with E-state index in [4.69, 9.17) is 4.74 Å². The molecule has 0 aromatic heterocycles. The third-order valence-corrected chi connectivity index (χ3v) is 6.17. The second-order valence-corrected chi connectivity index (χ2v) is 6.34. The Morgan fingerprint density at radius 1 is 1.33 bits per heavy atom. The molecule has 1 fully saturated rings. The molecule has 0 spiro atoms. The van der Waals surface area contributed by atoms with Crippen LogP contribution in [0.15, 0.2) is 0 Å². The Bertz CT molecular complexity index is 169. The molecule has 1 aliphatic heterocycles.